The summed E-state index contributed by atoms with van der Waals surface area (Å²) < 4.78 is 5.23. The van der Waals surface area contributed by atoms with Gasteiger partial charge in [0.05, 0.1) is 0 Å². The molecule has 6 heteroatoms. The Labute approximate surface area is 129 Å². The molecule has 6 nitrogen and oxygen atoms in total. The Balaban J connectivity index is 1.62. The van der Waals surface area contributed by atoms with Crippen LogP contribution in [0.3, 0.4) is 0 Å². The van der Waals surface area contributed by atoms with Gasteiger partial charge in [0.1, 0.15) is 0 Å². The average Bonchev–Trinajstić information content (AvgIpc) is 3.04. The third-order valence-electron chi connectivity index (χ3n) is 4.18. The van der Waals surface area contributed by atoms with Gasteiger partial charge in [-0.1, -0.05) is 12.1 Å². The number of hydrogen-bond donors (Lipinski definition) is 2. The SMILES string of the molecule is CC1(CNC(=O)c2cc(-c3cccnc3)on2)CCNCC1. The lowest BCUT2D eigenvalue weighted by molar-refractivity contribution is 0.0913. The van der Waals surface area contributed by atoms with Crippen molar-refractivity contribution in [2.75, 3.05) is 19.6 Å². The number of carbonyl (C=O) groups is 1. The Morgan fingerprint density at radius 3 is 3.00 bits per heavy atom. The minimum Gasteiger partial charge on any atom is -0.355 e. The zero-order chi connectivity index (χ0) is 15.4. The lowest BCUT2D eigenvalue weighted by Crippen LogP contribution is -2.42. The van der Waals surface area contributed by atoms with Crippen molar-refractivity contribution in [3.8, 4) is 11.3 Å². The highest BCUT2D eigenvalue weighted by atomic mass is 16.5. The van der Waals surface area contributed by atoms with E-state index in [1.165, 1.54) is 0 Å². The van der Waals surface area contributed by atoms with Gasteiger partial charge in [-0.25, -0.2) is 0 Å². The number of rotatable bonds is 4. The van der Waals surface area contributed by atoms with Crippen LogP contribution in [0.4, 0.5) is 0 Å². The van der Waals surface area contributed by atoms with Crippen molar-refractivity contribution in [1.29, 1.82) is 0 Å². The molecule has 2 aromatic rings. The molecular formula is C16H20N4O2. The summed E-state index contributed by atoms with van der Waals surface area (Å²) in [7, 11) is 0. The summed E-state index contributed by atoms with van der Waals surface area (Å²) in [4.78, 5) is 16.2. The molecule has 1 aliphatic heterocycles. The van der Waals surface area contributed by atoms with E-state index in [-0.39, 0.29) is 11.3 Å². The highest BCUT2D eigenvalue weighted by Crippen LogP contribution is 2.27. The first kappa shape index (κ1) is 14.7. The second-order valence-electron chi connectivity index (χ2n) is 6.06. The maximum absolute atomic E-state index is 12.2. The van der Waals surface area contributed by atoms with Gasteiger partial charge in [-0.3, -0.25) is 9.78 Å². The number of aromatic nitrogens is 2. The van der Waals surface area contributed by atoms with Gasteiger partial charge >= 0.3 is 0 Å². The average molecular weight is 300 g/mol. The molecule has 1 aliphatic rings. The molecule has 0 unspecified atom stereocenters. The zero-order valence-electron chi connectivity index (χ0n) is 12.6. The standard InChI is InChI=1S/C16H20N4O2/c1-16(4-7-17-8-5-16)11-19-15(21)13-9-14(22-20-13)12-3-2-6-18-10-12/h2-3,6,9-10,17H,4-5,7-8,11H2,1H3,(H,19,21). The summed E-state index contributed by atoms with van der Waals surface area (Å²) in [6.45, 7) is 4.86. The first-order chi connectivity index (χ1) is 10.7. The van der Waals surface area contributed by atoms with Crippen LogP contribution in [0.2, 0.25) is 0 Å². The molecule has 0 aliphatic carbocycles. The van der Waals surface area contributed by atoms with Crippen molar-refractivity contribution >= 4 is 5.91 Å². The lowest BCUT2D eigenvalue weighted by Gasteiger charge is -2.33. The maximum Gasteiger partial charge on any atom is 0.273 e. The van der Waals surface area contributed by atoms with Crippen molar-refractivity contribution in [2.24, 2.45) is 5.41 Å². The second-order valence-corrected chi connectivity index (χ2v) is 6.06. The van der Waals surface area contributed by atoms with Crippen LogP contribution in [0, 0.1) is 5.41 Å². The fourth-order valence-corrected chi connectivity index (χ4v) is 2.62. The fraction of sp³-hybridized carbons (Fsp3) is 0.438. The summed E-state index contributed by atoms with van der Waals surface area (Å²) in [6, 6.07) is 5.33. The third kappa shape index (κ3) is 3.33. The van der Waals surface area contributed by atoms with Crippen LogP contribution < -0.4 is 10.6 Å². The van der Waals surface area contributed by atoms with Crippen molar-refractivity contribution in [2.45, 2.75) is 19.8 Å². The van der Waals surface area contributed by atoms with Crippen LogP contribution in [0.15, 0.2) is 35.1 Å². The molecule has 0 radical (unpaired) electrons. The molecule has 0 atom stereocenters. The van der Waals surface area contributed by atoms with Crippen molar-refractivity contribution in [3.05, 3.63) is 36.3 Å². The number of carbonyl (C=O) groups excluding carboxylic acids is 1. The molecule has 2 aromatic heterocycles. The normalized spacial score (nSPS) is 17.1. The van der Waals surface area contributed by atoms with Crippen LogP contribution >= 0.6 is 0 Å². The van der Waals surface area contributed by atoms with Crippen LogP contribution in [-0.2, 0) is 0 Å². The number of piperidine rings is 1. The minimum absolute atomic E-state index is 0.150. The van der Waals surface area contributed by atoms with E-state index in [4.69, 9.17) is 4.52 Å². The van der Waals surface area contributed by atoms with Gasteiger partial charge in [0.15, 0.2) is 11.5 Å². The molecule has 0 bridgehead atoms. The molecule has 1 amide bonds. The molecular weight excluding hydrogens is 280 g/mol. The highest BCUT2D eigenvalue weighted by Gasteiger charge is 2.27. The van der Waals surface area contributed by atoms with Crippen molar-refractivity contribution < 1.29 is 9.32 Å². The summed E-state index contributed by atoms with van der Waals surface area (Å²) in [5, 5.41) is 10.2. The topological polar surface area (TPSA) is 80.1 Å². The van der Waals surface area contributed by atoms with Crippen LogP contribution in [-0.4, -0.2) is 35.7 Å². The Kier molecular flexibility index (Phi) is 4.20. The summed E-state index contributed by atoms with van der Waals surface area (Å²) in [5.41, 5.74) is 1.26. The number of amides is 1. The first-order valence-corrected chi connectivity index (χ1v) is 7.52. The molecule has 3 heterocycles. The molecule has 0 saturated carbocycles. The van der Waals surface area contributed by atoms with Crippen LogP contribution in [0.5, 0.6) is 0 Å². The van der Waals surface area contributed by atoms with E-state index in [9.17, 15) is 4.79 Å². The number of nitrogens with one attached hydrogen (secondary N) is 2. The molecule has 22 heavy (non-hydrogen) atoms. The third-order valence-corrected chi connectivity index (χ3v) is 4.18. The Morgan fingerprint density at radius 2 is 2.27 bits per heavy atom. The Bertz CT molecular complexity index is 633. The molecule has 1 fully saturated rings. The van der Waals surface area contributed by atoms with E-state index in [1.807, 2.05) is 12.1 Å². The number of hydrogen-bond acceptors (Lipinski definition) is 5. The fourth-order valence-electron chi connectivity index (χ4n) is 2.62. The van der Waals surface area contributed by atoms with E-state index in [2.05, 4.69) is 27.7 Å². The largest absolute Gasteiger partial charge is 0.355 e. The minimum atomic E-state index is -0.196. The zero-order valence-corrected chi connectivity index (χ0v) is 12.6. The predicted octanol–water partition coefficient (Wildman–Crippen LogP) is 1.86. The first-order valence-electron chi connectivity index (χ1n) is 7.52. The van der Waals surface area contributed by atoms with E-state index < -0.39 is 0 Å². The maximum atomic E-state index is 12.2. The van der Waals surface area contributed by atoms with E-state index in [0.717, 1.165) is 31.5 Å². The summed E-state index contributed by atoms with van der Waals surface area (Å²) >= 11 is 0. The van der Waals surface area contributed by atoms with Gasteiger partial charge in [0, 0.05) is 30.6 Å². The molecule has 116 valence electrons. The quantitative estimate of drug-likeness (QED) is 0.901. The van der Waals surface area contributed by atoms with Gasteiger partial charge in [0.2, 0.25) is 0 Å². The Morgan fingerprint density at radius 1 is 1.45 bits per heavy atom. The Hall–Kier alpha value is -2.21. The van der Waals surface area contributed by atoms with Gasteiger partial charge in [-0.15, -0.1) is 0 Å². The monoisotopic (exact) mass is 300 g/mol. The van der Waals surface area contributed by atoms with Gasteiger partial charge in [0.25, 0.3) is 5.91 Å². The van der Waals surface area contributed by atoms with Crippen LogP contribution in [0.25, 0.3) is 11.3 Å². The van der Waals surface area contributed by atoms with Crippen molar-refractivity contribution in [3.63, 3.8) is 0 Å². The van der Waals surface area contributed by atoms with Crippen LogP contribution in [0.1, 0.15) is 30.3 Å². The molecule has 3 rings (SSSR count). The van der Waals surface area contributed by atoms with E-state index >= 15 is 0 Å². The molecule has 2 N–H and O–H groups in total. The number of pyridine rings is 1. The predicted molar refractivity (Wildman–Crippen MR) is 82.3 cm³/mol. The van der Waals surface area contributed by atoms with Gasteiger partial charge in [-0.2, -0.15) is 0 Å². The lowest BCUT2D eigenvalue weighted by atomic mass is 9.81. The van der Waals surface area contributed by atoms with Gasteiger partial charge < -0.3 is 15.2 Å². The van der Waals surface area contributed by atoms with E-state index in [0.29, 0.717) is 18.0 Å². The second kappa shape index (κ2) is 6.27. The molecule has 0 aromatic carbocycles. The highest BCUT2D eigenvalue weighted by molar-refractivity contribution is 5.93. The number of nitrogens with zero attached hydrogens (tertiary/aromatic N) is 2. The summed E-state index contributed by atoms with van der Waals surface area (Å²) in [5.74, 6) is 0.352. The molecule has 0 spiro atoms. The van der Waals surface area contributed by atoms with E-state index in [1.54, 1.807) is 18.5 Å². The summed E-state index contributed by atoms with van der Waals surface area (Å²) in [6.07, 6.45) is 5.49. The smallest absolute Gasteiger partial charge is 0.273 e. The molecule has 1 saturated heterocycles. The van der Waals surface area contributed by atoms with Gasteiger partial charge in [-0.05, 0) is 43.5 Å². The van der Waals surface area contributed by atoms with Crippen molar-refractivity contribution in [1.82, 2.24) is 20.8 Å².